The lowest BCUT2D eigenvalue weighted by atomic mass is 10.1. The molecule has 0 saturated carbocycles. The molecular weight excluding hydrogens is 387 g/mol. The van der Waals surface area contributed by atoms with Crippen LogP contribution in [0.3, 0.4) is 0 Å². The van der Waals surface area contributed by atoms with Gasteiger partial charge in [0.05, 0.1) is 25.9 Å². The van der Waals surface area contributed by atoms with Gasteiger partial charge in [0, 0.05) is 23.1 Å². The Morgan fingerprint density at radius 3 is 2.89 bits per heavy atom. The number of carbonyl (C=O) groups excluding carboxylic acids is 1. The molecule has 2 rings (SSSR count). The van der Waals surface area contributed by atoms with Crippen molar-refractivity contribution in [3.05, 3.63) is 43.0 Å². The zero-order valence-corrected chi connectivity index (χ0v) is 15.2. The molecule has 0 aromatic carbocycles. The highest BCUT2D eigenvalue weighted by atomic mass is 31.2. The number of azide groups is 1. The van der Waals surface area contributed by atoms with E-state index in [1.807, 2.05) is 0 Å². The summed E-state index contributed by atoms with van der Waals surface area (Å²) >= 11 is 0. The zero-order valence-electron chi connectivity index (χ0n) is 14.3. The second kappa shape index (κ2) is 8.48. The number of hydrogen-bond donors (Lipinski definition) is 2. The van der Waals surface area contributed by atoms with E-state index in [1.54, 1.807) is 0 Å². The Labute approximate surface area is 151 Å². The fourth-order valence-corrected chi connectivity index (χ4v) is 3.25. The molecule has 0 aliphatic carbocycles. The SMILES string of the molecule is COC(=O)P(=O)(ON)OC[C@H]1O[C@@H](n2cc(C)c(=O)[nH]c2=O)C[C@@H]1N=[N+]=[N-]. The van der Waals surface area contributed by atoms with E-state index in [4.69, 9.17) is 20.7 Å². The first-order valence-electron chi connectivity index (χ1n) is 7.49. The highest BCUT2D eigenvalue weighted by Gasteiger charge is 2.41. The van der Waals surface area contributed by atoms with Gasteiger partial charge >= 0.3 is 19.0 Å². The standard InChI is InChI=1S/C12H17N6O8P/c1-6-4-18(11(20)15-10(6)19)9-3-7(16-17-13)8(25-9)5-24-27(22,26-14)12(21)23-2/h4,7-9H,3,5,14H2,1-2H3,(H,15,19,20)/t7-,8+,9+,27?/m0/s1. The molecule has 4 atom stereocenters. The fraction of sp³-hybridized carbons (Fsp3) is 0.583. The van der Waals surface area contributed by atoms with Crippen molar-refractivity contribution in [2.24, 2.45) is 11.0 Å². The lowest BCUT2D eigenvalue weighted by Crippen LogP contribution is -2.33. The molecule has 0 bridgehead atoms. The Bertz CT molecular complexity index is 921. The van der Waals surface area contributed by atoms with E-state index in [0.29, 0.717) is 0 Å². The predicted molar refractivity (Wildman–Crippen MR) is 88.8 cm³/mol. The van der Waals surface area contributed by atoms with Crippen LogP contribution in [0.2, 0.25) is 0 Å². The largest absolute Gasteiger partial charge is 0.460 e. The van der Waals surface area contributed by atoms with Gasteiger partial charge in [-0.3, -0.25) is 18.9 Å². The van der Waals surface area contributed by atoms with Crippen LogP contribution >= 0.6 is 7.60 Å². The van der Waals surface area contributed by atoms with Gasteiger partial charge in [-0.25, -0.2) is 24.7 Å². The van der Waals surface area contributed by atoms with E-state index >= 15 is 0 Å². The minimum atomic E-state index is -4.42. The van der Waals surface area contributed by atoms with Gasteiger partial charge in [0.25, 0.3) is 5.56 Å². The fourth-order valence-electron chi connectivity index (χ4n) is 2.43. The van der Waals surface area contributed by atoms with Crippen LogP contribution in [-0.4, -0.2) is 41.1 Å². The average molecular weight is 404 g/mol. The minimum absolute atomic E-state index is 0.0650. The lowest BCUT2D eigenvalue weighted by molar-refractivity contribution is -0.0248. The van der Waals surface area contributed by atoms with Crippen molar-refractivity contribution < 1.29 is 28.0 Å². The Kier molecular flexibility index (Phi) is 6.54. The second-order valence-corrected chi connectivity index (χ2v) is 7.31. The summed E-state index contributed by atoms with van der Waals surface area (Å²) in [5.41, 5.74) is 6.40. The number of carbonyl (C=O) groups is 1. The van der Waals surface area contributed by atoms with Crippen LogP contribution in [0.1, 0.15) is 18.2 Å². The number of H-pyrrole nitrogens is 1. The lowest BCUT2D eigenvalue weighted by Gasteiger charge is -2.19. The Hall–Kier alpha value is -2.47. The van der Waals surface area contributed by atoms with E-state index < -0.39 is 49.5 Å². The quantitative estimate of drug-likeness (QED) is 0.215. The van der Waals surface area contributed by atoms with Crippen molar-refractivity contribution in [3.8, 4) is 0 Å². The van der Waals surface area contributed by atoms with E-state index in [0.717, 1.165) is 11.7 Å². The molecule has 1 aromatic heterocycles. The second-order valence-electron chi connectivity index (χ2n) is 5.48. The van der Waals surface area contributed by atoms with Gasteiger partial charge in [0.1, 0.15) is 6.23 Å². The maximum atomic E-state index is 12.1. The monoisotopic (exact) mass is 404 g/mol. The summed E-state index contributed by atoms with van der Waals surface area (Å²) in [5, 5.41) is 3.55. The molecule has 0 amide bonds. The zero-order chi connectivity index (χ0) is 20.2. The Morgan fingerprint density at radius 2 is 2.30 bits per heavy atom. The number of aromatic amines is 1. The van der Waals surface area contributed by atoms with Crippen molar-refractivity contribution in [2.75, 3.05) is 13.7 Å². The number of nitrogens with zero attached hydrogens (tertiary/aromatic N) is 4. The summed E-state index contributed by atoms with van der Waals surface area (Å²) in [4.78, 5) is 39.8. The normalized spacial score (nSPS) is 24.0. The Balaban J connectivity index is 2.22. The highest BCUT2D eigenvalue weighted by molar-refractivity contribution is 7.71. The molecule has 1 saturated heterocycles. The molecule has 1 fully saturated rings. The van der Waals surface area contributed by atoms with Gasteiger partial charge in [-0.15, -0.1) is 0 Å². The van der Waals surface area contributed by atoms with E-state index in [-0.39, 0.29) is 12.0 Å². The molecule has 15 heteroatoms. The molecule has 14 nitrogen and oxygen atoms in total. The number of nitrogens with two attached hydrogens (primary N) is 1. The van der Waals surface area contributed by atoms with Crippen LogP contribution in [0, 0.1) is 6.92 Å². The van der Waals surface area contributed by atoms with Gasteiger partial charge < -0.3 is 9.47 Å². The number of nitrogens with one attached hydrogen (secondary N) is 1. The predicted octanol–water partition coefficient (Wildman–Crippen LogP) is 0.678. The van der Waals surface area contributed by atoms with Crippen molar-refractivity contribution in [1.29, 1.82) is 0 Å². The van der Waals surface area contributed by atoms with E-state index in [2.05, 4.69) is 24.4 Å². The maximum absolute atomic E-state index is 12.1. The molecule has 2 heterocycles. The molecule has 148 valence electrons. The smallest absolute Gasteiger partial charge is 0.454 e. The first-order valence-corrected chi connectivity index (χ1v) is 9.03. The third-order valence-electron chi connectivity index (χ3n) is 3.81. The van der Waals surface area contributed by atoms with Gasteiger partial charge in [0.2, 0.25) is 0 Å². The molecule has 1 aromatic rings. The number of aromatic nitrogens is 2. The number of ether oxygens (including phenoxy) is 2. The van der Waals surface area contributed by atoms with Crippen LogP contribution in [0.15, 0.2) is 20.9 Å². The highest BCUT2D eigenvalue weighted by Crippen LogP contribution is 2.49. The topological polar surface area (TPSA) is 201 Å². The van der Waals surface area contributed by atoms with E-state index in [1.165, 1.54) is 13.1 Å². The maximum Gasteiger partial charge on any atom is 0.454 e. The van der Waals surface area contributed by atoms with Gasteiger partial charge in [0.15, 0.2) is 0 Å². The van der Waals surface area contributed by atoms with Crippen LogP contribution in [-0.2, 0) is 23.2 Å². The number of aryl methyl sites for hydroxylation is 1. The molecule has 1 aliphatic rings. The summed E-state index contributed by atoms with van der Waals surface area (Å²) in [6.07, 6.45) is -0.508. The van der Waals surface area contributed by atoms with Gasteiger partial charge in [-0.05, 0) is 12.5 Å². The molecule has 3 N–H and O–H groups in total. The summed E-state index contributed by atoms with van der Waals surface area (Å²) < 4.78 is 32.2. The van der Waals surface area contributed by atoms with Gasteiger partial charge in [-0.2, -0.15) is 0 Å². The molecule has 1 aliphatic heterocycles. The van der Waals surface area contributed by atoms with Crippen LogP contribution in [0.5, 0.6) is 0 Å². The van der Waals surface area contributed by atoms with Crippen LogP contribution in [0.25, 0.3) is 10.4 Å². The molecule has 0 spiro atoms. The molecule has 27 heavy (non-hydrogen) atoms. The van der Waals surface area contributed by atoms with Crippen molar-refractivity contribution in [3.63, 3.8) is 0 Å². The van der Waals surface area contributed by atoms with Crippen molar-refractivity contribution in [2.45, 2.75) is 31.7 Å². The molecule has 0 radical (unpaired) electrons. The van der Waals surface area contributed by atoms with Crippen LogP contribution in [0.4, 0.5) is 4.79 Å². The summed E-state index contributed by atoms with van der Waals surface area (Å²) in [6, 6.07) is -0.817. The van der Waals surface area contributed by atoms with Gasteiger partial charge in [-0.1, -0.05) is 5.11 Å². The van der Waals surface area contributed by atoms with Crippen LogP contribution < -0.4 is 17.1 Å². The molecule has 1 unspecified atom stereocenters. The average Bonchev–Trinajstić information content (AvgIpc) is 3.05. The number of hydrogen-bond acceptors (Lipinski definition) is 10. The van der Waals surface area contributed by atoms with Crippen molar-refractivity contribution >= 4 is 13.3 Å². The minimum Gasteiger partial charge on any atom is -0.460 e. The summed E-state index contributed by atoms with van der Waals surface area (Å²) in [6.45, 7) is 1.00. The summed E-state index contributed by atoms with van der Waals surface area (Å²) in [5.74, 6) is 4.84. The summed E-state index contributed by atoms with van der Waals surface area (Å²) in [7, 11) is -3.45. The van der Waals surface area contributed by atoms with E-state index in [9.17, 15) is 18.9 Å². The number of rotatable bonds is 7. The third kappa shape index (κ3) is 4.45. The van der Waals surface area contributed by atoms with Crippen molar-refractivity contribution in [1.82, 2.24) is 9.55 Å². The molecular formula is C12H17N6O8P. The first-order chi connectivity index (χ1) is 12.8. The number of methoxy groups -OCH3 is 1. The first kappa shape index (κ1) is 20.8. The third-order valence-corrected chi connectivity index (χ3v) is 5.20. The Morgan fingerprint density at radius 1 is 1.59 bits per heavy atom.